The van der Waals surface area contributed by atoms with E-state index in [-0.39, 0.29) is 30.7 Å². The Morgan fingerprint density at radius 1 is 0.964 bits per heavy atom. The minimum atomic E-state index is 0. The molecule has 0 radical (unpaired) electrons. The summed E-state index contributed by atoms with van der Waals surface area (Å²) in [5.74, 6) is 0.999. The normalized spacial score (nSPS) is 14.0. The van der Waals surface area contributed by atoms with Crippen LogP contribution in [-0.2, 0) is 11.2 Å². The predicted octanol–water partition coefficient (Wildman–Crippen LogP) is 3.53. The van der Waals surface area contributed by atoms with Crippen LogP contribution in [0.5, 0.6) is 5.75 Å². The van der Waals surface area contributed by atoms with E-state index in [0.29, 0.717) is 18.1 Å². The first kappa shape index (κ1) is 24.4. The molecule has 2 aromatic carbocycles. The van der Waals surface area contributed by atoms with Crippen molar-refractivity contribution in [2.75, 3.05) is 45.1 Å². The molecule has 5 nitrogen and oxygen atoms in total. The molecule has 2 N–H and O–H groups in total. The summed E-state index contributed by atoms with van der Waals surface area (Å²) in [6.45, 7) is 4.74. The Kier molecular flexibility index (Phi) is 10.5. The Morgan fingerprint density at radius 2 is 1.57 bits per heavy atom. The first-order valence-corrected chi connectivity index (χ1v) is 9.21. The van der Waals surface area contributed by atoms with Crippen LogP contribution in [-0.4, -0.2) is 55.0 Å². The van der Waals surface area contributed by atoms with Crippen molar-refractivity contribution in [3.05, 3.63) is 59.1 Å². The molecule has 0 spiro atoms. The van der Waals surface area contributed by atoms with Gasteiger partial charge in [0.2, 0.25) is 5.91 Å². The number of amides is 1. The predicted molar refractivity (Wildman–Crippen MR) is 119 cm³/mol. The van der Waals surface area contributed by atoms with Gasteiger partial charge in [-0.2, -0.15) is 0 Å². The molecule has 0 unspecified atom stereocenters. The van der Waals surface area contributed by atoms with Crippen LogP contribution in [0.2, 0.25) is 5.02 Å². The zero-order chi connectivity index (χ0) is 18.4. The Balaban J connectivity index is 0.00000196. The molecular weight excluding hydrogens is 421 g/mol. The summed E-state index contributed by atoms with van der Waals surface area (Å²) in [5.41, 5.74) is 7.40. The zero-order valence-electron chi connectivity index (χ0n) is 15.6. The summed E-state index contributed by atoms with van der Waals surface area (Å²) in [6, 6.07) is 14.9. The summed E-state index contributed by atoms with van der Waals surface area (Å²) in [5, 5.41) is 0.706. The zero-order valence-corrected chi connectivity index (χ0v) is 17.9. The molecule has 0 bridgehead atoms. The second-order valence-electron chi connectivity index (χ2n) is 6.44. The molecule has 28 heavy (non-hydrogen) atoms. The van der Waals surface area contributed by atoms with Gasteiger partial charge in [0.05, 0.1) is 6.42 Å². The van der Waals surface area contributed by atoms with Gasteiger partial charge in [0, 0.05) is 43.4 Å². The minimum Gasteiger partial charge on any atom is -0.492 e. The fourth-order valence-electron chi connectivity index (χ4n) is 2.97. The third-order valence-electron chi connectivity index (χ3n) is 4.55. The van der Waals surface area contributed by atoms with Crippen LogP contribution in [0.4, 0.5) is 5.69 Å². The lowest BCUT2D eigenvalue weighted by Crippen LogP contribution is -2.49. The average Bonchev–Trinajstić information content (AvgIpc) is 2.66. The molecule has 1 aliphatic rings. The molecule has 1 fully saturated rings. The van der Waals surface area contributed by atoms with Gasteiger partial charge < -0.3 is 15.4 Å². The SMILES string of the molecule is Cl.Cl.Nc1ccc(CC(=O)N2CCN(CCOc3ccc(Cl)cc3)CC2)cc1. The Hall–Kier alpha value is -1.66. The second-order valence-corrected chi connectivity index (χ2v) is 6.88. The fraction of sp³-hybridized carbons (Fsp3) is 0.350. The molecule has 0 aliphatic carbocycles. The Bertz CT molecular complexity index is 718. The van der Waals surface area contributed by atoms with Crippen molar-refractivity contribution in [1.29, 1.82) is 0 Å². The number of nitrogens with zero attached hydrogens (tertiary/aromatic N) is 2. The number of carbonyl (C=O) groups is 1. The molecule has 2 aromatic rings. The van der Waals surface area contributed by atoms with Crippen molar-refractivity contribution in [3.63, 3.8) is 0 Å². The van der Waals surface area contributed by atoms with Gasteiger partial charge in [-0.05, 0) is 42.0 Å². The van der Waals surface area contributed by atoms with Crippen molar-refractivity contribution in [2.24, 2.45) is 0 Å². The molecule has 3 rings (SSSR count). The summed E-state index contributed by atoms with van der Waals surface area (Å²) >= 11 is 5.86. The second kappa shape index (κ2) is 12.0. The van der Waals surface area contributed by atoms with Crippen molar-refractivity contribution < 1.29 is 9.53 Å². The first-order chi connectivity index (χ1) is 12.6. The van der Waals surface area contributed by atoms with Crippen LogP contribution < -0.4 is 10.5 Å². The van der Waals surface area contributed by atoms with Crippen molar-refractivity contribution in [2.45, 2.75) is 6.42 Å². The maximum absolute atomic E-state index is 12.4. The van der Waals surface area contributed by atoms with Gasteiger partial charge in [-0.25, -0.2) is 0 Å². The lowest BCUT2D eigenvalue weighted by Gasteiger charge is -2.34. The number of hydrogen-bond acceptors (Lipinski definition) is 4. The Morgan fingerprint density at radius 3 is 2.18 bits per heavy atom. The number of hydrogen-bond donors (Lipinski definition) is 1. The van der Waals surface area contributed by atoms with E-state index in [2.05, 4.69) is 4.90 Å². The van der Waals surface area contributed by atoms with Gasteiger partial charge in [-0.1, -0.05) is 23.7 Å². The molecule has 154 valence electrons. The van der Waals surface area contributed by atoms with Crippen LogP contribution in [0.15, 0.2) is 48.5 Å². The smallest absolute Gasteiger partial charge is 0.227 e. The van der Waals surface area contributed by atoms with Gasteiger partial charge in [0.15, 0.2) is 0 Å². The summed E-state index contributed by atoms with van der Waals surface area (Å²) < 4.78 is 5.74. The van der Waals surface area contributed by atoms with E-state index in [1.54, 1.807) is 0 Å². The van der Waals surface area contributed by atoms with Crippen molar-refractivity contribution in [3.8, 4) is 5.75 Å². The van der Waals surface area contributed by atoms with Crippen LogP contribution in [0.1, 0.15) is 5.56 Å². The van der Waals surface area contributed by atoms with Crippen LogP contribution >= 0.6 is 36.4 Å². The third-order valence-corrected chi connectivity index (χ3v) is 4.80. The van der Waals surface area contributed by atoms with Gasteiger partial charge in [-0.3, -0.25) is 9.69 Å². The van der Waals surface area contributed by atoms with E-state index >= 15 is 0 Å². The number of piperazine rings is 1. The van der Waals surface area contributed by atoms with Crippen LogP contribution in [0.3, 0.4) is 0 Å². The largest absolute Gasteiger partial charge is 0.492 e. The van der Waals surface area contributed by atoms with Crippen molar-refractivity contribution in [1.82, 2.24) is 9.80 Å². The number of anilines is 1. The fourth-order valence-corrected chi connectivity index (χ4v) is 3.09. The number of ether oxygens (including phenoxy) is 1. The van der Waals surface area contributed by atoms with Crippen LogP contribution in [0, 0.1) is 0 Å². The van der Waals surface area contributed by atoms with E-state index in [0.717, 1.165) is 49.7 Å². The quantitative estimate of drug-likeness (QED) is 0.690. The molecule has 0 saturated carbocycles. The summed E-state index contributed by atoms with van der Waals surface area (Å²) in [7, 11) is 0. The van der Waals surface area contributed by atoms with E-state index in [1.165, 1.54) is 0 Å². The third kappa shape index (κ3) is 7.40. The molecule has 1 heterocycles. The Labute approximate surface area is 183 Å². The van der Waals surface area contributed by atoms with E-state index < -0.39 is 0 Å². The molecular formula is C20H26Cl3N3O2. The lowest BCUT2D eigenvalue weighted by molar-refractivity contribution is -0.132. The highest BCUT2D eigenvalue weighted by molar-refractivity contribution is 6.30. The lowest BCUT2D eigenvalue weighted by atomic mass is 10.1. The van der Waals surface area contributed by atoms with Gasteiger partial charge >= 0.3 is 0 Å². The van der Waals surface area contributed by atoms with Crippen molar-refractivity contribution >= 4 is 48.0 Å². The number of benzene rings is 2. The highest BCUT2D eigenvalue weighted by Crippen LogP contribution is 2.15. The highest BCUT2D eigenvalue weighted by Gasteiger charge is 2.20. The standard InChI is InChI=1S/C20H24ClN3O2.2ClH/c21-17-3-7-19(8-4-17)26-14-13-23-9-11-24(12-10-23)20(25)15-16-1-5-18(22)6-2-16;;/h1-8H,9-15,22H2;2*1H. The van der Waals surface area contributed by atoms with Gasteiger partial charge in [0.1, 0.15) is 12.4 Å². The summed E-state index contributed by atoms with van der Waals surface area (Å²) in [4.78, 5) is 16.7. The van der Waals surface area contributed by atoms with Gasteiger partial charge in [-0.15, -0.1) is 24.8 Å². The molecule has 8 heteroatoms. The molecule has 0 atom stereocenters. The maximum Gasteiger partial charge on any atom is 0.227 e. The van der Waals surface area contributed by atoms with Gasteiger partial charge in [0.25, 0.3) is 0 Å². The number of rotatable bonds is 6. The monoisotopic (exact) mass is 445 g/mol. The topological polar surface area (TPSA) is 58.8 Å². The maximum atomic E-state index is 12.4. The van der Waals surface area contributed by atoms with E-state index in [4.69, 9.17) is 22.1 Å². The van der Waals surface area contributed by atoms with E-state index in [9.17, 15) is 4.79 Å². The highest BCUT2D eigenvalue weighted by atomic mass is 35.5. The number of carbonyl (C=O) groups excluding carboxylic acids is 1. The number of nitrogen functional groups attached to an aromatic ring is 1. The van der Waals surface area contributed by atoms with E-state index in [1.807, 2.05) is 53.4 Å². The molecule has 0 aromatic heterocycles. The average molecular weight is 447 g/mol. The van der Waals surface area contributed by atoms with Crippen LogP contribution in [0.25, 0.3) is 0 Å². The molecule has 1 aliphatic heterocycles. The number of nitrogens with two attached hydrogens (primary N) is 1. The molecule has 1 amide bonds. The first-order valence-electron chi connectivity index (χ1n) is 8.83. The summed E-state index contributed by atoms with van der Waals surface area (Å²) in [6.07, 6.45) is 0.431. The molecule has 1 saturated heterocycles. The number of halogens is 3. The minimum absolute atomic E-state index is 0.